The maximum atomic E-state index is 12.0. The van der Waals surface area contributed by atoms with Crippen LogP contribution in [0.4, 0.5) is 5.82 Å². The molecule has 0 fully saturated rings. The van der Waals surface area contributed by atoms with Crippen LogP contribution in [0.5, 0.6) is 5.75 Å². The van der Waals surface area contributed by atoms with E-state index in [0.717, 1.165) is 0 Å². The molecular weight excluding hydrogens is 286 g/mol. The number of ether oxygens (including phenoxy) is 1. The number of aliphatic carboxylic acids is 1. The Morgan fingerprint density at radius 2 is 2.00 bits per heavy atom. The number of sulfonamides is 1. The molecule has 1 heterocycles. The highest BCUT2D eigenvalue weighted by Gasteiger charge is 2.14. The van der Waals surface area contributed by atoms with E-state index in [4.69, 9.17) is 9.84 Å². The number of carbonyl (C=O) groups is 1. The van der Waals surface area contributed by atoms with Crippen molar-refractivity contribution in [1.82, 2.24) is 10.2 Å². The number of carboxylic acids is 1. The maximum Gasteiger partial charge on any atom is 0.341 e. The van der Waals surface area contributed by atoms with Crippen LogP contribution in [0.3, 0.4) is 0 Å². The van der Waals surface area contributed by atoms with Gasteiger partial charge in [0.15, 0.2) is 6.61 Å². The monoisotopic (exact) mass is 297 g/mol. The smallest absolute Gasteiger partial charge is 0.341 e. The van der Waals surface area contributed by atoms with Gasteiger partial charge in [-0.25, -0.2) is 13.2 Å². The molecule has 0 amide bonds. The fourth-order valence-electron chi connectivity index (χ4n) is 1.38. The third-order valence-corrected chi connectivity index (χ3v) is 3.62. The molecule has 0 aliphatic rings. The van der Waals surface area contributed by atoms with E-state index in [1.807, 2.05) is 0 Å². The van der Waals surface area contributed by atoms with Gasteiger partial charge in [0.25, 0.3) is 10.0 Å². The summed E-state index contributed by atoms with van der Waals surface area (Å²) in [6, 6.07) is 6.86. The second kappa shape index (κ2) is 5.61. The van der Waals surface area contributed by atoms with Gasteiger partial charge < -0.3 is 9.84 Å². The van der Waals surface area contributed by atoms with Gasteiger partial charge in [-0.15, -0.1) is 0 Å². The molecule has 0 radical (unpaired) electrons. The summed E-state index contributed by atoms with van der Waals surface area (Å²) in [5, 5.41) is 14.6. The van der Waals surface area contributed by atoms with Gasteiger partial charge in [0.1, 0.15) is 11.6 Å². The second-order valence-corrected chi connectivity index (χ2v) is 5.41. The van der Waals surface area contributed by atoms with Crippen molar-refractivity contribution in [3.63, 3.8) is 0 Å². The Morgan fingerprint density at radius 3 is 2.55 bits per heavy atom. The highest BCUT2D eigenvalue weighted by Crippen LogP contribution is 2.18. The molecule has 0 bridgehead atoms. The summed E-state index contributed by atoms with van der Waals surface area (Å²) in [6.45, 7) is -0.488. The first kappa shape index (κ1) is 13.9. The highest BCUT2D eigenvalue weighted by molar-refractivity contribution is 7.92. The Hall–Kier alpha value is -2.55. The van der Waals surface area contributed by atoms with Crippen molar-refractivity contribution in [1.29, 1.82) is 0 Å². The van der Waals surface area contributed by atoms with Crippen LogP contribution in [0.1, 0.15) is 0 Å². The van der Waals surface area contributed by atoms with E-state index in [0.29, 0.717) is 0 Å². The molecule has 0 aliphatic carbocycles. The van der Waals surface area contributed by atoms with Gasteiger partial charge in [0.05, 0.1) is 11.1 Å². The molecular formula is C11H11N3O5S. The fraction of sp³-hybridized carbons (Fsp3) is 0.0909. The van der Waals surface area contributed by atoms with Crippen molar-refractivity contribution in [2.24, 2.45) is 0 Å². The first-order chi connectivity index (χ1) is 9.47. The number of aromatic nitrogens is 2. The number of hydrogen-bond acceptors (Lipinski definition) is 5. The molecule has 106 valence electrons. The Balaban J connectivity index is 2.10. The molecule has 0 saturated heterocycles. The lowest BCUT2D eigenvalue weighted by Gasteiger charge is -2.07. The molecule has 1 aromatic carbocycles. The molecule has 0 saturated carbocycles. The van der Waals surface area contributed by atoms with Crippen molar-refractivity contribution in [2.75, 3.05) is 11.3 Å². The fourth-order valence-corrected chi connectivity index (χ4v) is 2.39. The van der Waals surface area contributed by atoms with E-state index in [-0.39, 0.29) is 16.5 Å². The maximum absolute atomic E-state index is 12.0. The molecule has 0 unspecified atom stereocenters. The summed E-state index contributed by atoms with van der Waals surface area (Å²) in [4.78, 5) is 10.4. The number of rotatable bonds is 6. The van der Waals surface area contributed by atoms with E-state index < -0.39 is 22.6 Å². The van der Waals surface area contributed by atoms with E-state index in [1.165, 1.54) is 36.5 Å². The van der Waals surface area contributed by atoms with Gasteiger partial charge >= 0.3 is 5.97 Å². The third kappa shape index (κ3) is 3.48. The first-order valence-electron chi connectivity index (χ1n) is 5.44. The van der Waals surface area contributed by atoms with Crippen molar-refractivity contribution < 1.29 is 23.1 Å². The van der Waals surface area contributed by atoms with Crippen molar-refractivity contribution >= 4 is 21.8 Å². The van der Waals surface area contributed by atoms with Gasteiger partial charge in [-0.2, -0.15) is 5.10 Å². The zero-order valence-corrected chi connectivity index (χ0v) is 10.9. The van der Waals surface area contributed by atoms with E-state index in [2.05, 4.69) is 14.9 Å². The van der Waals surface area contributed by atoms with Crippen molar-refractivity contribution in [3.8, 4) is 5.75 Å². The number of anilines is 1. The quantitative estimate of drug-likeness (QED) is 0.720. The summed E-state index contributed by atoms with van der Waals surface area (Å²) in [7, 11) is -3.72. The van der Waals surface area contributed by atoms with Gasteiger partial charge in [-0.1, -0.05) is 0 Å². The third-order valence-electron chi connectivity index (χ3n) is 2.24. The minimum absolute atomic E-state index is 0.0229. The van der Waals surface area contributed by atoms with Crippen LogP contribution >= 0.6 is 0 Å². The Kier molecular flexibility index (Phi) is 3.89. The van der Waals surface area contributed by atoms with E-state index in [9.17, 15) is 13.2 Å². The van der Waals surface area contributed by atoms with Crippen LogP contribution in [0, 0.1) is 0 Å². The molecule has 20 heavy (non-hydrogen) atoms. The summed E-state index contributed by atoms with van der Waals surface area (Å²) in [6.07, 6.45) is 1.42. The Bertz CT molecular complexity index is 679. The van der Waals surface area contributed by atoms with Gasteiger partial charge in [0, 0.05) is 6.07 Å². The Morgan fingerprint density at radius 1 is 1.30 bits per heavy atom. The number of hydrogen-bond donors (Lipinski definition) is 3. The highest BCUT2D eigenvalue weighted by atomic mass is 32.2. The molecule has 0 spiro atoms. The van der Waals surface area contributed by atoms with Crippen LogP contribution in [0.15, 0.2) is 41.4 Å². The zero-order chi connectivity index (χ0) is 14.6. The van der Waals surface area contributed by atoms with E-state index >= 15 is 0 Å². The van der Waals surface area contributed by atoms with Crippen molar-refractivity contribution in [2.45, 2.75) is 4.90 Å². The lowest BCUT2D eigenvalue weighted by molar-refractivity contribution is -0.139. The van der Waals surface area contributed by atoms with E-state index in [1.54, 1.807) is 0 Å². The molecule has 2 rings (SSSR count). The molecule has 0 aliphatic heterocycles. The predicted octanol–water partition coefficient (Wildman–Crippen LogP) is 0.674. The largest absolute Gasteiger partial charge is 0.482 e. The second-order valence-electron chi connectivity index (χ2n) is 3.73. The normalized spacial score (nSPS) is 11.0. The molecule has 2 aromatic rings. The minimum Gasteiger partial charge on any atom is -0.482 e. The molecule has 0 atom stereocenters. The average molecular weight is 297 g/mol. The van der Waals surface area contributed by atoms with Crippen LogP contribution in [-0.4, -0.2) is 36.3 Å². The minimum atomic E-state index is -3.72. The Labute approximate surface area is 114 Å². The zero-order valence-electron chi connectivity index (χ0n) is 10.1. The summed E-state index contributed by atoms with van der Waals surface area (Å²) >= 11 is 0. The lowest BCUT2D eigenvalue weighted by atomic mass is 10.3. The standard InChI is InChI=1S/C11H11N3O5S/c15-11(16)7-19-8-1-3-9(4-2-8)20(17,18)14-10-5-6-12-13-10/h1-6H,7H2,(H,15,16)(H2,12,13,14). The molecule has 8 nitrogen and oxygen atoms in total. The number of benzene rings is 1. The van der Waals surface area contributed by atoms with Crippen LogP contribution in [0.2, 0.25) is 0 Å². The van der Waals surface area contributed by atoms with Crippen LogP contribution < -0.4 is 9.46 Å². The summed E-state index contributed by atoms with van der Waals surface area (Å²) in [5.41, 5.74) is 0. The topological polar surface area (TPSA) is 121 Å². The molecule has 1 aromatic heterocycles. The molecule has 3 N–H and O–H groups in total. The van der Waals surface area contributed by atoms with Gasteiger partial charge in [0.2, 0.25) is 0 Å². The SMILES string of the molecule is O=C(O)COc1ccc(S(=O)(=O)Nc2ccn[nH]2)cc1. The van der Waals surface area contributed by atoms with Gasteiger partial charge in [-0.05, 0) is 24.3 Å². The van der Waals surface area contributed by atoms with Crippen molar-refractivity contribution in [3.05, 3.63) is 36.5 Å². The first-order valence-corrected chi connectivity index (χ1v) is 6.92. The van der Waals surface area contributed by atoms with Gasteiger partial charge in [-0.3, -0.25) is 9.82 Å². The number of carboxylic acid groups (broad SMARTS) is 1. The summed E-state index contributed by atoms with van der Waals surface area (Å²) in [5.74, 6) is -0.591. The van der Waals surface area contributed by atoms with Crippen LogP contribution in [-0.2, 0) is 14.8 Å². The summed E-state index contributed by atoms with van der Waals surface area (Å²) < 4.78 is 31.2. The number of H-pyrrole nitrogens is 1. The predicted molar refractivity (Wildman–Crippen MR) is 69.0 cm³/mol. The number of aromatic amines is 1. The number of nitrogens with zero attached hydrogens (tertiary/aromatic N) is 1. The lowest BCUT2D eigenvalue weighted by Crippen LogP contribution is -2.13. The number of nitrogens with one attached hydrogen (secondary N) is 2. The average Bonchev–Trinajstić information content (AvgIpc) is 2.89. The van der Waals surface area contributed by atoms with Crippen LogP contribution in [0.25, 0.3) is 0 Å². The molecule has 9 heteroatoms.